The van der Waals surface area contributed by atoms with Crippen molar-refractivity contribution < 1.29 is 14.7 Å². The minimum atomic E-state index is -0.822. The third-order valence-corrected chi connectivity index (χ3v) is 4.39. The molecule has 2 rings (SSSR count). The number of nitrogens with zero attached hydrogens (tertiary/aromatic N) is 2. The molecule has 1 aliphatic heterocycles. The van der Waals surface area contributed by atoms with Gasteiger partial charge in [0.05, 0.1) is 6.54 Å². The maximum absolute atomic E-state index is 12.2. The number of aliphatic carboxylic acids is 1. The summed E-state index contributed by atoms with van der Waals surface area (Å²) in [4.78, 5) is 29.0. The highest BCUT2D eigenvalue weighted by Crippen LogP contribution is 2.24. The molecule has 0 bridgehead atoms. The van der Waals surface area contributed by atoms with Crippen molar-refractivity contribution in [2.75, 3.05) is 19.6 Å². The topological polar surface area (TPSA) is 82.5 Å². The van der Waals surface area contributed by atoms with E-state index in [0.29, 0.717) is 31.2 Å². The monoisotopic (exact) mass is 391 g/mol. The smallest absolute Gasteiger partial charge is 0.317 e. The normalized spacial score (nSPS) is 19.8. The molecule has 1 saturated heterocycles. The Labute approximate surface area is 161 Å². The van der Waals surface area contributed by atoms with E-state index >= 15 is 0 Å². The summed E-state index contributed by atoms with van der Waals surface area (Å²) in [6.45, 7) is 5.60. The zero-order valence-corrected chi connectivity index (χ0v) is 16.2. The van der Waals surface area contributed by atoms with Crippen molar-refractivity contribution in [2.45, 2.75) is 32.7 Å². The van der Waals surface area contributed by atoms with Crippen molar-refractivity contribution in [3.63, 3.8) is 0 Å². The second-order valence-electron chi connectivity index (χ2n) is 6.53. The Kier molecular flexibility index (Phi) is 10.7. The quantitative estimate of drug-likeness (QED) is 0.742. The highest BCUT2D eigenvalue weighted by molar-refractivity contribution is 5.85. The molecule has 1 aromatic rings. The molecule has 0 unspecified atom stereocenters. The summed E-state index contributed by atoms with van der Waals surface area (Å²) in [5.41, 5.74) is 1.09. The number of amides is 1. The van der Waals surface area contributed by atoms with Gasteiger partial charge in [0.1, 0.15) is 0 Å². The second kappa shape index (κ2) is 11.3. The van der Waals surface area contributed by atoms with Gasteiger partial charge in [-0.1, -0.05) is 13.8 Å². The van der Waals surface area contributed by atoms with Crippen LogP contribution in [-0.2, 0) is 16.0 Å². The predicted octanol–water partition coefficient (Wildman–Crippen LogP) is 2.02. The summed E-state index contributed by atoms with van der Waals surface area (Å²) < 4.78 is 0. The van der Waals surface area contributed by atoms with Crippen molar-refractivity contribution in [3.8, 4) is 0 Å². The number of aromatic nitrogens is 1. The molecule has 1 amide bonds. The molecule has 2 heterocycles. The van der Waals surface area contributed by atoms with Crippen molar-refractivity contribution >= 4 is 36.7 Å². The Morgan fingerprint density at radius 1 is 1.28 bits per heavy atom. The molecule has 8 heteroatoms. The number of likely N-dealkylation sites (tertiary alicyclic amines) is 1. The lowest BCUT2D eigenvalue weighted by atomic mass is 9.91. The summed E-state index contributed by atoms with van der Waals surface area (Å²) in [5, 5.41) is 12.0. The maximum atomic E-state index is 12.2. The van der Waals surface area contributed by atoms with E-state index in [1.165, 1.54) is 0 Å². The van der Waals surface area contributed by atoms with Gasteiger partial charge in [-0.2, -0.15) is 0 Å². The first-order chi connectivity index (χ1) is 11.0. The molecule has 0 saturated carbocycles. The van der Waals surface area contributed by atoms with Crippen LogP contribution >= 0.6 is 24.8 Å². The number of nitrogens with one attached hydrogen (secondary N) is 1. The molecule has 1 aromatic heterocycles. The number of halogens is 2. The lowest BCUT2D eigenvalue weighted by Crippen LogP contribution is -2.42. The van der Waals surface area contributed by atoms with Crippen LogP contribution in [0.1, 0.15) is 25.8 Å². The molecular formula is C17H27Cl2N3O3. The number of hydrogen-bond acceptors (Lipinski definition) is 4. The number of rotatable bonds is 7. The zero-order valence-electron chi connectivity index (χ0n) is 14.6. The Bertz CT molecular complexity index is 543. The van der Waals surface area contributed by atoms with E-state index in [0.717, 1.165) is 12.1 Å². The Hall–Kier alpha value is -1.37. The largest absolute Gasteiger partial charge is 0.480 e. The van der Waals surface area contributed by atoms with Crippen LogP contribution in [0.4, 0.5) is 0 Å². The van der Waals surface area contributed by atoms with E-state index in [2.05, 4.69) is 24.1 Å². The number of carboxylic acid groups (broad SMARTS) is 1. The van der Waals surface area contributed by atoms with Gasteiger partial charge in [0.15, 0.2) is 0 Å². The fourth-order valence-corrected chi connectivity index (χ4v) is 3.15. The molecule has 1 fully saturated rings. The Morgan fingerprint density at radius 2 is 1.92 bits per heavy atom. The Balaban J connectivity index is 0.00000288. The first-order valence-corrected chi connectivity index (χ1v) is 8.08. The fraction of sp³-hybridized carbons (Fsp3) is 0.588. The van der Waals surface area contributed by atoms with Crippen LogP contribution < -0.4 is 5.32 Å². The first kappa shape index (κ1) is 23.6. The lowest BCUT2D eigenvalue weighted by Gasteiger charge is -2.23. The third-order valence-electron chi connectivity index (χ3n) is 4.39. The van der Waals surface area contributed by atoms with Crippen molar-refractivity contribution in [2.24, 2.45) is 11.8 Å². The van der Waals surface area contributed by atoms with E-state index in [-0.39, 0.29) is 43.3 Å². The number of carbonyl (C=O) groups is 2. The molecule has 0 spiro atoms. The number of carbonyl (C=O) groups excluding carboxylic acids is 1. The molecule has 2 atom stereocenters. The van der Waals surface area contributed by atoms with Gasteiger partial charge in [-0.25, -0.2) is 0 Å². The average molecular weight is 392 g/mol. The van der Waals surface area contributed by atoms with Crippen molar-refractivity contribution in [3.05, 3.63) is 30.1 Å². The molecule has 2 N–H and O–H groups in total. The van der Waals surface area contributed by atoms with Crippen LogP contribution in [-0.4, -0.2) is 52.5 Å². The van der Waals surface area contributed by atoms with Crippen molar-refractivity contribution in [1.82, 2.24) is 15.2 Å². The van der Waals surface area contributed by atoms with E-state index in [9.17, 15) is 9.59 Å². The van der Waals surface area contributed by atoms with E-state index in [1.807, 2.05) is 17.0 Å². The van der Waals surface area contributed by atoms with Gasteiger partial charge in [-0.3, -0.25) is 19.5 Å². The van der Waals surface area contributed by atoms with Crippen LogP contribution in [0.2, 0.25) is 0 Å². The average Bonchev–Trinajstić information content (AvgIpc) is 2.88. The van der Waals surface area contributed by atoms with Crippen LogP contribution in [0.25, 0.3) is 0 Å². The number of hydrogen-bond donors (Lipinski definition) is 2. The zero-order chi connectivity index (χ0) is 16.8. The second-order valence-corrected chi connectivity index (χ2v) is 6.53. The molecule has 0 aliphatic carbocycles. The highest BCUT2D eigenvalue weighted by atomic mass is 35.5. The highest BCUT2D eigenvalue weighted by Gasteiger charge is 2.36. The summed E-state index contributed by atoms with van der Waals surface area (Å²) in [6.07, 6.45) is 4.57. The molecule has 0 radical (unpaired) electrons. The summed E-state index contributed by atoms with van der Waals surface area (Å²) >= 11 is 0. The SMILES string of the molecule is CC(C)[C@H]1CN(CC(=O)O)C[C@@H]1NC(=O)CCc1ccncc1.Cl.Cl. The van der Waals surface area contributed by atoms with Gasteiger partial charge in [0.25, 0.3) is 0 Å². The molecule has 0 aromatic carbocycles. The van der Waals surface area contributed by atoms with Crippen LogP contribution in [0, 0.1) is 11.8 Å². The van der Waals surface area contributed by atoms with E-state index in [4.69, 9.17) is 5.11 Å². The van der Waals surface area contributed by atoms with E-state index in [1.54, 1.807) is 12.4 Å². The van der Waals surface area contributed by atoms with Gasteiger partial charge in [0.2, 0.25) is 5.91 Å². The minimum absolute atomic E-state index is 0. The maximum Gasteiger partial charge on any atom is 0.317 e. The van der Waals surface area contributed by atoms with Crippen LogP contribution in [0.3, 0.4) is 0 Å². The standard InChI is InChI=1S/C17H25N3O3.2ClH/c1-12(2)14-9-20(11-17(22)23)10-15(14)19-16(21)4-3-13-5-7-18-8-6-13;;/h5-8,12,14-15H,3-4,9-11H2,1-2H3,(H,19,21)(H,22,23);2*1H/t14-,15+;;/m1../s1. The number of aryl methyl sites for hydroxylation is 1. The molecule has 142 valence electrons. The molecule has 6 nitrogen and oxygen atoms in total. The van der Waals surface area contributed by atoms with Crippen LogP contribution in [0.15, 0.2) is 24.5 Å². The van der Waals surface area contributed by atoms with Crippen molar-refractivity contribution in [1.29, 1.82) is 0 Å². The first-order valence-electron chi connectivity index (χ1n) is 8.08. The molecule has 1 aliphatic rings. The van der Waals surface area contributed by atoms with E-state index < -0.39 is 5.97 Å². The van der Waals surface area contributed by atoms with Gasteiger partial charge >= 0.3 is 5.97 Å². The number of carboxylic acids is 1. The van der Waals surface area contributed by atoms with Crippen LogP contribution in [0.5, 0.6) is 0 Å². The van der Waals surface area contributed by atoms with Gasteiger partial charge < -0.3 is 10.4 Å². The predicted molar refractivity (Wildman–Crippen MR) is 101 cm³/mol. The molecular weight excluding hydrogens is 365 g/mol. The fourth-order valence-electron chi connectivity index (χ4n) is 3.15. The lowest BCUT2D eigenvalue weighted by molar-refractivity contribution is -0.138. The summed E-state index contributed by atoms with van der Waals surface area (Å²) in [6, 6.07) is 3.85. The number of pyridine rings is 1. The molecule has 25 heavy (non-hydrogen) atoms. The van der Waals surface area contributed by atoms with Gasteiger partial charge in [-0.05, 0) is 36.0 Å². The Morgan fingerprint density at radius 3 is 2.48 bits per heavy atom. The minimum Gasteiger partial charge on any atom is -0.480 e. The summed E-state index contributed by atoms with van der Waals surface area (Å²) in [5.74, 6) is -0.106. The summed E-state index contributed by atoms with van der Waals surface area (Å²) in [7, 11) is 0. The van der Waals surface area contributed by atoms with Gasteiger partial charge in [-0.15, -0.1) is 24.8 Å². The third kappa shape index (κ3) is 7.59. The van der Waals surface area contributed by atoms with Gasteiger partial charge in [0, 0.05) is 37.9 Å².